The minimum atomic E-state index is -2.47. The molecule has 1 nitrogen and oxygen atoms in total. The molecular formula is C11H14BrF2NS. The molecule has 0 radical (unpaired) electrons. The first-order chi connectivity index (χ1) is 7.49. The van der Waals surface area contributed by atoms with Crippen molar-refractivity contribution < 1.29 is 8.78 Å². The molecule has 1 unspecified atom stereocenters. The molecular weight excluding hydrogens is 296 g/mol. The van der Waals surface area contributed by atoms with Gasteiger partial charge >= 0.3 is 0 Å². The zero-order valence-electron chi connectivity index (χ0n) is 8.76. The summed E-state index contributed by atoms with van der Waals surface area (Å²) in [7, 11) is 0. The maximum atomic E-state index is 13.0. The fraction of sp³-hybridized carbons (Fsp3) is 0.636. The minimum absolute atomic E-state index is 0.0195. The zero-order valence-corrected chi connectivity index (χ0v) is 11.2. The molecule has 16 heavy (non-hydrogen) atoms. The van der Waals surface area contributed by atoms with Crippen LogP contribution in [0, 0.1) is 5.92 Å². The third-order valence-electron chi connectivity index (χ3n) is 3.22. The smallest absolute Gasteiger partial charge is 0.248 e. The van der Waals surface area contributed by atoms with Crippen molar-refractivity contribution in [3.05, 3.63) is 20.8 Å². The van der Waals surface area contributed by atoms with E-state index in [0.29, 0.717) is 12.8 Å². The van der Waals surface area contributed by atoms with E-state index in [2.05, 4.69) is 15.9 Å². The van der Waals surface area contributed by atoms with E-state index in [1.54, 1.807) is 11.3 Å². The summed E-state index contributed by atoms with van der Waals surface area (Å²) in [5.41, 5.74) is 6.14. The van der Waals surface area contributed by atoms with Crippen LogP contribution in [0.25, 0.3) is 0 Å². The van der Waals surface area contributed by atoms with Crippen molar-refractivity contribution in [1.82, 2.24) is 0 Å². The second-order valence-electron chi connectivity index (χ2n) is 4.35. The Balaban J connectivity index is 2.02. The van der Waals surface area contributed by atoms with Crippen LogP contribution < -0.4 is 5.73 Å². The first-order valence-corrected chi connectivity index (χ1v) is 7.03. The van der Waals surface area contributed by atoms with Gasteiger partial charge in [0.15, 0.2) is 0 Å². The van der Waals surface area contributed by atoms with Crippen LogP contribution in [-0.4, -0.2) is 5.92 Å². The van der Waals surface area contributed by atoms with Crippen LogP contribution in [0.1, 0.15) is 36.6 Å². The van der Waals surface area contributed by atoms with Crippen molar-refractivity contribution in [3.8, 4) is 0 Å². The molecule has 1 aliphatic carbocycles. The number of hydrogen-bond donors (Lipinski definition) is 1. The first-order valence-electron chi connectivity index (χ1n) is 5.36. The highest BCUT2D eigenvalue weighted by molar-refractivity contribution is 9.10. The monoisotopic (exact) mass is 309 g/mol. The molecule has 1 aromatic rings. The lowest BCUT2D eigenvalue weighted by Crippen LogP contribution is -2.30. The van der Waals surface area contributed by atoms with Gasteiger partial charge < -0.3 is 5.73 Å². The van der Waals surface area contributed by atoms with E-state index in [1.807, 2.05) is 11.4 Å². The lowest BCUT2D eigenvalue weighted by atomic mass is 9.82. The van der Waals surface area contributed by atoms with Gasteiger partial charge in [0.25, 0.3) is 0 Å². The molecule has 1 aliphatic rings. The fourth-order valence-corrected chi connectivity index (χ4v) is 3.91. The molecule has 90 valence electrons. The highest BCUT2D eigenvalue weighted by Crippen LogP contribution is 2.42. The lowest BCUT2D eigenvalue weighted by molar-refractivity contribution is -0.0482. The van der Waals surface area contributed by atoms with Crippen LogP contribution in [0.3, 0.4) is 0 Å². The van der Waals surface area contributed by atoms with E-state index in [0.717, 1.165) is 9.35 Å². The highest BCUT2D eigenvalue weighted by Gasteiger charge is 2.37. The van der Waals surface area contributed by atoms with Crippen LogP contribution in [0.4, 0.5) is 8.78 Å². The summed E-state index contributed by atoms with van der Waals surface area (Å²) in [6, 6.07) is 1.85. The summed E-state index contributed by atoms with van der Waals surface area (Å²) in [6.45, 7) is 0. The molecule has 0 aromatic carbocycles. The SMILES string of the molecule is NC(c1sccc1Br)C1CCC(F)(F)CC1. The molecule has 0 amide bonds. The van der Waals surface area contributed by atoms with Crippen LogP contribution in [0.2, 0.25) is 0 Å². The molecule has 2 N–H and O–H groups in total. The number of hydrogen-bond acceptors (Lipinski definition) is 2. The van der Waals surface area contributed by atoms with Gasteiger partial charge in [0.05, 0.1) is 0 Å². The lowest BCUT2D eigenvalue weighted by Gasteiger charge is -2.31. The summed E-state index contributed by atoms with van der Waals surface area (Å²) >= 11 is 5.03. The number of alkyl halides is 2. The van der Waals surface area contributed by atoms with Crippen molar-refractivity contribution in [3.63, 3.8) is 0 Å². The Labute approximate surface area is 106 Å². The Morgan fingerprint density at radius 2 is 2.06 bits per heavy atom. The molecule has 1 heterocycles. The van der Waals surface area contributed by atoms with Crippen LogP contribution in [-0.2, 0) is 0 Å². The van der Waals surface area contributed by atoms with Crippen LogP contribution >= 0.6 is 27.3 Å². The summed E-state index contributed by atoms with van der Waals surface area (Å²) in [4.78, 5) is 1.08. The Bertz CT molecular complexity index is 357. The third-order valence-corrected chi connectivity index (χ3v) is 5.19. The van der Waals surface area contributed by atoms with Crippen molar-refractivity contribution in [2.45, 2.75) is 37.6 Å². The second kappa shape index (κ2) is 4.70. The van der Waals surface area contributed by atoms with Gasteiger partial charge in [0.1, 0.15) is 0 Å². The van der Waals surface area contributed by atoms with Crippen molar-refractivity contribution >= 4 is 27.3 Å². The Kier molecular flexibility index (Phi) is 3.66. The minimum Gasteiger partial charge on any atom is -0.323 e. The van der Waals surface area contributed by atoms with Crippen molar-refractivity contribution in [1.29, 1.82) is 0 Å². The molecule has 1 aromatic heterocycles. The van der Waals surface area contributed by atoms with Crippen molar-refractivity contribution in [2.24, 2.45) is 11.7 Å². The van der Waals surface area contributed by atoms with Gasteiger partial charge in [-0.05, 0) is 46.1 Å². The molecule has 0 spiro atoms. The third kappa shape index (κ3) is 2.63. The molecule has 1 atom stereocenters. The Hall–Kier alpha value is -0.0000000000000000555. The van der Waals surface area contributed by atoms with E-state index in [1.165, 1.54) is 0 Å². The van der Waals surface area contributed by atoms with Gasteiger partial charge in [0, 0.05) is 28.2 Å². The van der Waals surface area contributed by atoms with Crippen LogP contribution in [0.5, 0.6) is 0 Å². The summed E-state index contributed by atoms with van der Waals surface area (Å²) in [5.74, 6) is -2.28. The number of nitrogens with two attached hydrogens (primary N) is 1. The van der Waals surface area contributed by atoms with Crippen LogP contribution in [0.15, 0.2) is 15.9 Å². The zero-order chi connectivity index (χ0) is 11.8. The van der Waals surface area contributed by atoms with Crippen molar-refractivity contribution in [2.75, 3.05) is 0 Å². The summed E-state index contributed by atoms with van der Waals surface area (Å²) in [6.07, 6.45) is 1.01. The second-order valence-corrected chi connectivity index (χ2v) is 6.15. The van der Waals surface area contributed by atoms with Gasteiger partial charge in [-0.3, -0.25) is 0 Å². The quantitative estimate of drug-likeness (QED) is 0.864. The Morgan fingerprint density at radius 3 is 2.56 bits per heavy atom. The predicted octanol–water partition coefficient (Wildman–Crippen LogP) is 4.34. The molecule has 1 fully saturated rings. The topological polar surface area (TPSA) is 26.0 Å². The standard InChI is InChI=1S/C11H14BrF2NS/c12-8-3-6-16-10(8)9(15)7-1-4-11(13,14)5-2-7/h3,6-7,9H,1-2,4-5,15H2. The van der Waals surface area contributed by atoms with E-state index in [-0.39, 0.29) is 24.8 Å². The fourth-order valence-electron chi connectivity index (χ4n) is 2.18. The number of thiophene rings is 1. The number of rotatable bonds is 2. The highest BCUT2D eigenvalue weighted by atomic mass is 79.9. The van der Waals surface area contributed by atoms with E-state index in [9.17, 15) is 8.78 Å². The van der Waals surface area contributed by atoms with E-state index < -0.39 is 5.92 Å². The van der Waals surface area contributed by atoms with Gasteiger partial charge in [-0.15, -0.1) is 11.3 Å². The molecule has 0 bridgehead atoms. The van der Waals surface area contributed by atoms with Gasteiger partial charge in [-0.2, -0.15) is 0 Å². The maximum absolute atomic E-state index is 13.0. The summed E-state index contributed by atoms with van der Waals surface area (Å²) in [5, 5.41) is 1.97. The van der Waals surface area contributed by atoms with Gasteiger partial charge in [-0.25, -0.2) is 8.78 Å². The molecule has 0 aliphatic heterocycles. The maximum Gasteiger partial charge on any atom is 0.248 e. The average molecular weight is 310 g/mol. The largest absolute Gasteiger partial charge is 0.323 e. The normalized spacial score (nSPS) is 23.2. The van der Waals surface area contributed by atoms with Gasteiger partial charge in [0.2, 0.25) is 5.92 Å². The average Bonchev–Trinajstić information content (AvgIpc) is 2.63. The molecule has 0 saturated heterocycles. The van der Waals surface area contributed by atoms with E-state index >= 15 is 0 Å². The van der Waals surface area contributed by atoms with E-state index in [4.69, 9.17) is 5.73 Å². The summed E-state index contributed by atoms with van der Waals surface area (Å²) < 4.78 is 27.0. The molecule has 5 heteroatoms. The first kappa shape index (κ1) is 12.5. The molecule has 2 rings (SSSR count). The van der Waals surface area contributed by atoms with Gasteiger partial charge in [-0.1, -0.05) is 0 Å². The predicted molar refractivity (Wildman–Crippen MR) is 65.9 cm³/mol. The molecule has 1 saturated carbocycles. The Morgan fingerprint density at radius 1 is 1.44 bits per heavy atom. The number of halogens is 3.